The molecule has 0 saturated heterocycles. The second-order valence-corrected chi connectivity index (χ2v) is 4.82. The van der Waals surface area contributed by atoms with Gasteiger partial charge in [-0.25, -0.2) is 9.97 Å². The molecule has 2 aromatic heterocycles. The summed E-state index contributed by atoms with van der Waals surface area (Å²) in [4.78, 5) is 22.4. The van der Waals surface area contributed by atoms with Gasteiger partial charge in [0.1, 0.15) is 0 Å². The van der Waals surface area contributed by atoms with Crippen LogP contribution in [0.1, 0.15) is 10.4 Å². The van der Waals surface area contributed by atoms with Crippen LogP contribution in [0.15, 0.2) is 53.7 Å². The monoisotopic (exact) mass is 280 g/mol. The van der Waals surface area contributed by atoms with Gasteiger partial charge in [-0.2, -0.15) is 0 Å². The van der Waals surface area contributed by atoms with E-state index in [9.17, 15) is 4.79 Å². The van der Waals surface area contributed by atoms with E-state index >= 15 is 0 Å². The van der Waals surface area contributed by atoms with Crippen LogP contribution in [-0.2, 0) is 6.54 Å². The first-order valence-electron chi connectivity index (χ1n) is 6.65. The highest BCUT2D eigenvalue weighted by molar-refractivity contribution is 6.05. The third-order valence-corrected chi connectivity index (χ3v) is 3.59. The molecule has 1 aliphatic heterocycles. The zero-order valence-electron chi connectivity index (χ0n) is 11.1. The lowest BCUT2D eigenvalue weighted by Crippen LogP contribution is -2.29. The third-order valence-electron chi connectivity index (χ3n) is 3.59. The summed E-state index contributed by atoms with van der Waals surface area (Å²) >= 11 is 0. The van der Waals surface area contributed by atoms with Crippen LogP contribution in [-0.4, -0.2) is 27.0 Å². The Labute approximate surface area is 120 Å². The van der Waals surface area contributed by atoms with Gasteiger partial charge in [0.15, 0.2) is 12.2 Å². The predicted molar refractivity (Wildman–Crippen MR) is 75.8 cm³/mol. The van der Waals surface area contributed by atoms with Crippen LogP contribution >= 0.6 is 0 Å². The number of amides is 1. The van der Waals surface area contributed by atoms with E-state index in [4.69, 9.17) is 4.42 Å². The first-order chi connectivity index (χ1) is 10.3. The maximum absolute atomic E-state index is 12.5. The number of carbonyl (C=O) groups is 1. The summed E-state index contributed by atoms with van der Waals surface area (Å²) in [5.41, 5.74) is 1.53. The van der Waals surface area contributed by atoms with Crippen molar-refractivity contribution in [3.05, 3.63) is 54.8 Å². The number of carbonyl (C=O) groups excluding carboxylic acids is 1. The molecule has 1 aliphatic rings. The molecule has 0 unspecified atom stereocenters. The second-order valence-electron chi connectivity index (χ2n) is 4.82. The first-order valence-corrected chi connectivity index (χ1v) is 6.65. The number of anilines is 1. The summed E-state index contributed by atoms with van der Waals surface area (Å²) in [6.45, 7) is 1.45. The Balaban J connectivity index is 1.61. The lowest BCUT2D eigenvalue weighted by atomic mass is 10.1. The van der Waals surface area contributed by atoms with E-state index in [1.54, 1.807) is 29.4 Å². The molecule has 21 heavy (non-hydrogen) atoms. The fourth-order valence-corrected chi connectivity index (χ4v) is 2.51. The van der Waals surface area contributed by atoms with Crippen molar-refractivity contribution in [2.24, 2.45) is 0 Å². The number of oxazole rings is 1. The van der Waals surface area contributed by atoms with Crippen molar-refractivity contribution in [1.29, 1.82) is 0 Å². The van der Waals surface area contributed by atoms with Gasteiger partial charge in [0, 0.05) is 36.6 Å². The minimum Gasteiger partial charge on any atom is -0.444 e. The summed E-state index contributed by atoms with van der Waals surface area (Å²) in [6, 6.07) is 7.31. The number of hydrogen-bond acceptors (Lipinski definition) is 4. The fourth-order valence-electron chi connectivity index (χ4n) is 2.51. The Morgan fingerprint density at radius 1 is 1.19 bits per heavy atom. The van der Waals surface area contributed by atoms with E-state index in [0.717, 1.165) is 12.1 Å². The van der Waals surface area contributed by atoms with Crippen molar-refractivity contribution >= 4 is 11.9 Å². The summed E-state index contributed by atoms with van der Waals surface area (Å²) in [5.74, 6) is 1.36. The lowest BCUT2D eigenvalue weighted by Gasteiger charge is -2.14. The Hall–Kier alpha value is -2.89. The van der Waals surface area contributed by atoms with Crippen molar-refractivity contribution in [2.75, 3.05) is 11.4 Å². The number of hydrogen-bond donors (Lipinski definition) is 0. The molecule has 1 amide bonds. The maximum atomic E-state index is 12.5. The van der Waals surface area contributed by atoms with Crippen molar-refractivity contribution in [2.45, 2.75) is 6.54 Å². The van der Waals surface area contributed by atoms with E-state index < -0.39 is 0 Å². The van der Waals surface area contributed by atoms with Gasteiger partial charge in [0.25, 0.3) is 5.91 Å². The number of aromatic nitrogens is 3. The standard InChI is InChI=1S/C15H12N4O2/c20-14(19-8-7-18-6-5-17-15(18)19)12-3-1-11(2-4-12)13-9-16-10-21-13/h1-6,9-10H,7-8H2. The van der Waals surface area contributed by atoms with Crippen LogP contribution < -0.4 is 4.90 Å². The number of imidazole rings is 1. The van der Waals surface area contributed by atoms with Crippen LogP contribution in [0.5, 0.6) is 0 Å². The Bertz CT molecular complexity index is 774. The molecule has 0 fully saturated rings. The molecule has 6 heteroatoms. The summed E-state index contributed by atoms with van der Waals surface area (Å²) in [5, 5.41) is 0. The van der Waals surface area contributed by atoms with Crippen molar-refractivity contribution < 1.29 is 9.21 Å². The summed E-state index contributed by atoms with van der Waals surface area (Å²) in [6.07, 6.45) is 6.63. The highest BCUT2D eigenvalue weighted by atomic mass is 16.3. The molecule has 0 saturated carbocycles. The van der Waals surface area contributed by atoms with Gasteiger partial charge in [-0.1, -0.05) is 12.1 Å². The van der Waals surface area contributed by atoms with Gasteiger partial charge < -0.3 is 8.98 Å². The molecular weight excluding hydrogens is 268 g/mol. The predicted octanol–water partition coefficient (Wildman–Crippen LogP) is 2.20. The molecule has 0 radical (unpaired) electrons. The SMILES string of the molecule is O=C(c1ccc(-c2cnco2)cc1)N1CCn2ccnc21. The van der Waals surface area contributed by atoms with Crippen molar-refractivity contribution in [3.8, 4) is 11.3 Å². The van der Waals surface area contributed by atoms with Crippen molar-refractivity contribution in [1.82, 2.24) is 14.5 Å². The van der Waals surface area contributed by atoms with E-state index in [1.165, 1.54) is 6.39 Å². The Kier molecular flexibility index (Phi) is 2.60. The molecule has 0 N–H and O–H groups in total. The quantitative estimate of drug-likeness (QED) is 0.722. The normalized spacial score (nSPS) is 13.4. The van der Waals surface area contributed by atoms with Gasteiger partial charge in [0.05, 0.1) is 6.20 Å². The number of nitrogens with zero attached hydrogens (tertiary/aromatic N) is 4. The van der Waals surface area contributed by atoms with Crippen LogP contribution in [0.4, 0.5) is 5.95 Å². The maximum Gasteiger partial charge on any atom is 0.260 e. The fraction of sp³-hybridized carbons (Fsp3) is 0.133. The highest BCUT2D eigenvalue weighted by Gasteiger charge is 2.26. The van der Waals surface area contributed by atoms with E-state index in [0.29, 0.717) is 23.8 Å². The molecule has 0 aliphatic carbocycles. The molecular formula is C15H12N4O2. The number of benzene rings is 1. The van der Waals surface area contributed by atoms with Crippen LogP contribution in [0, 0.1) is 0 Å². The largest absolute Gasteiger partial charge is 0.444 e. The second kappa shape index (κ2) is 4.59. The topological polar surface area (TPSA) is 64.2 Å². The zero-order chi connectivity index (χ0) is 14.2. The summed E-state index contributed by atoms with van der Waals surface area (Å²) in [7, 11) is 0. The molecule has 0 bridgehead atoms. The highest BCUT2D eigenvalue weighted by Crippen LogP contribution is 2.23. The van der Waals surface area contributed by atoms with Crippen LogP contribution in [0.2, 0.25) is 0 Å². The average molecular weight is 280 g/mol. The number of fused-ring (bicyclic) bond motifs is 1. The smallest absolute Gasteiger partial charge is 0.260 e. The molecule has 104 valence electrons. The minimum absolute atomic E-state index is 0.0379. The van der Waals surface area contributed by atoms with E-state index in [-0.39, 0.29) is 5.91 Å². The summed E-state index contributed by atoms with van der Waals surface area (Å²) < 4.78 is 7.21. The molecule has 3 heterocycles. The van der Waals surface area contributed by atoms with Crippen LogP contribution in [0.3, 0.4) is 0 Å². The Morgan fingerprint density at radius 2 is 2.05 bits per heavy atom. The molecule has 3 aromatic rings. The molecule has 0 atom stereocenters. The van der Waals surface area contributed by atoms with E-state index in [2.05, 4.69) is 9.97 Å². The van der Waals surface area contributed by atoms with Gasteiger partial charge in [-0.3, -0.25) is 9.69 Å². The average Bonchev–Trinajstić information content (AvgIpc) is 3.24. The molecule has 1 aromatic carbocycles. The minimum atomic E-state index is -0.0379. The zero-order valence-corrected chi connectivity index (χ0v) is 11.1. The first kappa shape index (κ1) is 11.9. The molecule has 0 spiro atoms. The van der Waals surface area contributed by atoms with Gasteiger partial charge in [-0.05, 0) is 12.1 Å². The Morgan fingerprint density at radius 3 is 2.81 bits per heavy atom. The van der Waals surface area contributed by atoms with Crippen LogP contribution in [0.25, 0.3) is 11.3 Å². The molecule has 6 nitrogen and oxygen atoms in total. The van der Waals surface area contributed by atoms with Gasteiger partial charge >= 0.3 is 0 Å². The third kappa shape index (κ3) is 1.92. The van der Waals surface area contributed by atoms with Gasteiger partial charge in [-0.15, -0.1) is 0 Å². The lowest BCUT2D eigenvalue weighted by molar-refractivity contribution is 0.0988. The van der Waals surface area contributed by atoms with Crippen molar-refractivity contribution in [3.63, 3.8) is 0 Å². The number of rotatable bonds is 2. The molecule has 4 rings (SSSR count). The van der Waals surface area contributed by atoms with Gasteiger partial charge in [0.2, 0.25) is 5.95 Å². The van der Waals surface area contributed by atoms with E-state index in [1.807, 2.05) is 22.9 Å².